The Morgan fingerprint density at radius 3 is 2.92 bits per heavy atom. The summed E-state index contributed by atoms with van der Waals surface area (Å²) in [6.45, 7) is 4.36. The number of fused-ring (bicyclic) bond motifs is 1. The van der Waals surface area contributed by atoms with Crippen LogP contribution in [0.2, 0.25) is 0 Å². The third-order valence-electron chi connectivity index (χ3n) is 2.44. The zero-order valence-electron chi connectivity index (χ0n) is 8.22. The molecular weight excluding hydrogens is 158 g/mol. The molecule has 0 atom stereocenters. The molecule has 0 radical (unpaired) electrons. The molecule has 1 N–H and O–H groups in total. The van der Waals surface area contributed by atoms with Crippen LogP contribution >= 0.6 is 0 Å². The molecule has 0 amide bonds. The van der Waals surface area contributed by atoms with Crippen LogP contribution in [0.15, 0.2) is 24.4 Å². The van der Waals surface area contributed by atoms with E-state index in [1.54, 1.807) is 0 Å². The maximum absolute atomic E-state index is 3.30. The number of hydrogen-bond acceptors (Lipinski definition) is 0. The first-order chi connectivity index (χ1) is 6.31. The fraction of sp³-hybridized carbons (Fsp3) is 0.333. The lowest BCUT2D eigenvalue weighted by Gasteiger charge is -1.96. The fourth-order valence-corrected chi connectivity index (χ4v) is 1.77. The predicted octanol–water partition coefficient (Wildman–Crippen LogP) is 3.43. The molecule has 0 aliphatic carbocycles. The Kier molecular flexibility index (Phi) is 2.09. The number of benzene rings is 1. The van der Waals surface area contributed by atoms with Crippen LogP contribution in [0.3, 0.4) is 0 Å². The Labute approximate surface area is 78.8 Å². The number of hydrogen-bond donors (Lipinski definition) is 1. The second kappa shape index (κ2) is 3.25. The summed E-state index contributed by atoms with van der Waals surface area (Å²) in [7, 11) is 0. The summed E-state index contributed by atoms with van der Waals surface area (Å²) in [5, 5.41) is 1.39. The summed E-state index contributed by atoms with van der Waals surface area (Å²) in [6, 6.07) is 6.56. The highest BCUT2D eigenvalue weighted by atomic mass is 14.7. The largest absolute Gasteiger partial charge is 0.361 e. The van der Waals surface area contributed by atoms with Crippen molar-refractivity contribution in [1.82, 2.24) is 4.98 Å². The molecule has 0 aliphatic rings. The lowest BCUT2D eigenvalue weighted by atomic mass is 10.1. The van der Waals surface area contributed by atoms with Gasteiger partial charge in [-0.1, -0.05) is 25.0 Å². The highest BCUT2D eigenvalue weighted by Crippen LogP contribution is 2.20. The van der Waals surface area contributed by atoms with E-state index >= 15 is 0 Å². The monoisotopic (exact) mass is 173 g/mol. The van der Waals surface area contributed by atoms with Gasteiger partial charge in [0.1, 0.15) is 0 Å². The zero-order valence-corrected chi connectivity index (χ0v) is 8.22. The first-order valence-corrected chi connectivity index (χ1v) is 4.88. The van der Waals surface area contributed by atoms with Crippen LogP contribution in [0.4, 0.5) is 0 Å². The summed E-state index contributed by atoms with van der Waals surface area (Å²) >= 11 is 0. The van der Waals surface area contributed by atoms with E-state index < -0.39 is 0 Å². The van der Waals surface area contributed by atoms with Gasteiger partial charge in [0.15, 0.2) is 0 Å². The predicted molar refractivity (Wildman–Crippen MR) is 57.0 cm³/mol. The van der Waals surface area contributed by atoms with Gasteiger partial charge in [-0.05, 0) is 31.0 Å². The fourth-order valence-electron chi connectivity index (χ4n) is 1.77. The Hall–Kier alpha value is -1.24. The normalized spacial score (nSPS) is 10.9. The van der Waals surface area contributed by atoms with Gasteiger partial charge in [0.05, 0.1) is 0 Å². The first kappa shape index (κ1) is 8.36. The second-order valence-electron chi connectivity index (χ2n) is 3.61. The van der Waals surface area contributed by atoms with Crippen molar-refractivity contribution in [3.8, 4) is 0 Å². The molecule has 1 heteroatoms. The van der Waals surface area contributed by atoms with Crippen molar-refractivity contribution < 1.29 is 0 Å². The summed E-state index contributed by atoms with van der Waals surface area (Å²) in [5.41, 5.74) is 4.04. The third-order valence-corrected chi connectivity index (χ3v) is 2.44. The van der Waals surface area contributed by atoms with Crippen LogP contribution < -0.4 is 0 Å². The van der Waals surface area contributed by atoms with E-state index in [0.717, 1.165) is 0 Å². The van der Waals surface area contributed by atoms with Crippen molar-refractivity contribution in [3.05, 3.63) is 35.5 Å². The van der Waals surface area contributed by atoms with Crippen LogP contribution in [-0.2, 0) is 6.42 Å². The van der Waals surface area contributed by atoms with E-state index in [1.165, 1.54) is 34.9 Å². The topological polar surface area (TPSA) is 15.8 Å². The molecule has 1 aromatic carbocycles. The lowest BCUT2D eigenvalue weighted by Crippen LogP contribution is -1.79. The maximum atomic E-state index is 3.30. The van der Waals surface area contributed by atoms with Gasteiger partial charge in [-0.2, -0.15) is 0 Å². The number of aromatic nitrogens is 1. The maximum Gasteiger partial charge on any atom is 0.0456 e. The molecule has 0 fully saturated rings. The van der Waals surface area contributed by atoms with Gasteiger partial charge in [0, 0.05) is 17.1 Å². The Balaban J connectivity index is 2.58. The average Bonchev–Trinajstić information content (AvgIpc) is 2.49. The summed E-state index contributed by atoms with van der Waals surface area (Å²) < 4.78 is 0. The molecule has 1 aromatic heterocycles. The number of nitrogens with one attached hydrogen (secondary N) is 1. The van der Waals surface area contributed by atoms with Gasteiger partial charge in [-0.25, -0.2) is 0 Å². The molecule has 0 aliphatic heterocycles. The smallest absolute Gasteiger partial charge is 0.0456 e. The van der Waals surface area contributed by atoms with Crippen molar-refractivity contribution in [2.45, 2.75) is 26.7 Å². The van der Waals surface area contributed by atoms with Crippen molar-refractivity contribution >= 4 is 10.9 Å². The first-order valence-electron chi connectivity index (χ1n) is 4.88. The van der Waals surface area contributed by atoms with Crippen LogP contribution in [0.5, 0.6) is 0 Å². The highest BCUT2D eigenvalue weighted by molar-refractivity contribution is 5.83. The molecule has 0 spiro atoms. The molecular formula is C12H15N. The number of aryl methyl sites for hydroxylation is 2. The van der Waals surface area contributed by atoms with Crippen LogP contribution in [0, 0.1) is 6.92 Å². The van der Waals surface area contributed by atoms with E-state index in [1.807, 2.05) is 0 Å². The molecule has 2 aromatic rings. The van der Waals surface area contributed by atoms with Crippen molar-refractivity contribution in [1.29, 1.82) is 0 Å². The van der Waals surface area contributed by atoms with Crippen molar-refractivity contribution in [2.75, 3.05) is 0 Å². The second-order valence-corrected chi connectivity index (χ2v) is 3.61. The molecule has 0 bridgehead atoms. The lowest BCUT2D eigenvalue weighted by molar-refractivity contribution is 0.929. The summed E-state index contributed by atoms with van der Waals surface area (Å²) in [4.78, 5) is 3.30. The minimum absolute atomic E-state index is 1.17. The van der Waals surface area contributed by atoms with Crippen LogP contribution in [-0.4, -0.2) is 4.98 Å². The highest BCUT2D eigenvalue weighted by Gasteiger charge is 2.01. The third kappa shape index (κ3) is 1.46. The minimum atomic E-state index is 1.17. The molecule has 0 saturated heterocycles. The van der Waals surface area contributed by atoms with Crippen molar-refractivity contribution in [2.24, 2.45) is 0 Å². The average molecular weight is 173 g/mol. The molecule has 0 saturated carbocycles. The van der Waals surface area contributed by atoms with Gasteiger partial charge in [-0.3, -0.25) is 0 Å². The Morgan fingerprint density at radius 2 is 2.15 bits per heavy atom. The molecule has 1 heterocycles. The molecule has 13 heavy (non-hydrogen) atoms. The minimum Gasteiger partial charge on any atom is -0.361 e. The molecule has 1 nitrogen and oxygen atoms in total. The van der Waals surface area contributed by atoms with Crippen LogP contribution in [0.1, 0.15) is 24.5 Å². The molecule has 0 unspecified atom stereocenters. The van der Waals surface area contributed by atoms with E-state index in [-0.39, 0.29) is 0 Å². The molecule has 2 rings (SSSR count). The van der Waals surface area contributed by atoms with E-state index in [2.05, 4.69) is 43.2 Å². The molecule has 68 valence electrons. The SMILES string of the molecule is CCCc1c[nH]c2ccc(C)cc12. The summed E-state index contributed by atoms with van der Waals surface area (Å²) in [6.07, 6.45) is 4.51. The van der Waals surface area contributed by atoms with Gasteiger partial charge in [0.25, 0.3) is 0 Å². The standard InChI is InChI=1S/C12H15N/c1-3-4-10-8-13-12-6-5-9(2)7-11(10)12/h5-8,13H,3-4H2,1-2H3. The Morgan fingerprint density at radius 1 is 1.31 bits per heavy atom. The van der Waals surface area contributed by atoms with Gasteiger partial charge >= 0.3 is 0 Å². The van der Waals surface area contributed by atoms with Crippen LogP contribution in [0.25, 0.3) is 10.9 Å². The van der Waals surface area contributed by atoms with Gasteiger partial charge in [-0.15, -0.1) is 0 Å². The number of aromatic amines is 1. The zero-order chi connectivity index (χ0) is 9.26. The van der Waals surface area contributed by atoms with Gasteiger partial charge < -0.3 is 4.98 Å². The quantitative estimate of drug-likeness (QED) is 0.716. The van der Waals surface area contributed by atoms with E-state index in [9.17, 15) is 0 Å². The van der Waals surface area contributed by atoms with Crippen molar-refractivity contribution in [3.63, 3.8) is 0 Å². The van der Waals surface area contributed by atoms with Gasteiger partial charge in [0.2, 0.25) is 0 Å². The Bertz CT molecular complexity index is 412. The summed E-state index contributed by atoms with van der Waals surface area (Å²) in [5.74, 6) is 0. The number of rotatable bonds is 2. The van der Waals surface area contributed by atoms with E-state index in [0.29, 0.717) is 0 Å². The van der Waals surface area contributed by atoms with E-state index in [4.69, 9.17) is 0 Å². The number of H-pyrrole nitrogens is 1.